The summed E-state index contributed by atoms with van der Waals surface area (Å²) in [5, 5.41) is 11.1. The molecule has 6 rings (SSSR count). The molecule has 2 aromatic heterocycles. The first-order valence-corrected chi connectivity index (χ1v) is 16.2. The van der Waals surface area contributed by atoms with Crippen molar-refractivity contribution in [2.24, 2.45) is 7.05 Å². The second kappa shape index (κ2) is 12.0. The van der Waals surface area contributed by atoms with Crippen molar-refractivity contribution in [3.8, 4) is 16.9 Å². The van der Waals surface area contributed by atoms with Gasteiger partial charge in [-0.15, -0.1) is 0 Å². The summed E-state index contributed by atoms with van der Waals surface area (Å²) in [6.45, 7) is 12.5. The van der Waals surface area contributed by atoms with Crippen LogP contribution in [0.2, 0.25) is 0 Å². The summed E-state index contributed by atoms with van der Waals surface area (Å²) >= 11 is 0. The Hall–Kier alpha value is -3.50. The number of carboxylic acid groups (broad SMARTS) is 1. The number of hydrogen-bond donors (Lipinski definition) is 1. The predicted octanol–water partition coefficient (Wildman–Crippen LogP) is 5.96. The molecule has 10 heteroatoms. The van der Waals surface area contributed by atoms with E-state index in [1.807, 2.05) is 18.9 Å². The van der Waals surface area contributed by atoms with Crippen LogP contribution in [0.25, 0.3) is 22.2 Å². The topological polar surface area (TPSA) is 97.1 Å². The molecule has 9 nitrogen and oxygen atoms in total. The molecule has 1 atom stereocenters. The Labute approximate surface area is 264 Å². The van der Waals surface area contributed by atoms with Crippen LogP contribution in [0.3, 0.4) is 0 Å². The third-order valence-electron chi connectivity index (χ3n) is 9.73. The van der Waals surface area contributed by atoms with Gasteiger partial charge in [-0.3, -0.25) is 9.69 Å². The summed E-state index contributed by atoms with van der Waals surface area (Å²) < 4.78 is 29.4. The number of rotatable bonds is 6. The monoisotopic (exact) mass is 620 g/mol. The quantitative estimate of drug-likeness (QED) is 0.363. The van der Waals surface area contributed by atoms with Crippen LogP contribution in [-0.2, 0) is 23.0 Å². The Balaban J connectivity index is 1.51. The molecule has 1 aliphatic carbocycles. The van der Waals surface area contributed by atoms with Crippen LogP contribution in [0.1, 0.15) is 91.9 Å². The van der Waals surface area contributed by atoms with E-state index in [9.17, 15) is 14.7 Å². The van der Waals surface area contributed by atoms with Gasteiger partial charge in [-0.05, 0) is 83.6 Å². The number of carbonyl (C=O) groups excluding carboxylic acids is 1. The van der Waals surface area contributed by atoms with Crippen LogP contribution in [0.5, 0.6) is 5.75 Å². The Bertz CT molecular complexity index is 1640. The van der Waals surface area contributed by atoms with E-state index in [1.54, 1.807) is 38.3 Å². The molecule has 242 valence electrons. The van der Waals surface area contributed by atoms with E-state index in [0.717, 1.165) is 30.6 Å². The third-order valence-corrected chi connectivity index (χ3v) is 9.73. The first-order chi connectivity index (χ1) is 21.4. The second-order valence-corrected chi connectivity index (χ2v) is 13.8. The minimum atomic E-state index is -1.37. The van der Waals surface area contributed by atoms with Gasteiger partial charge in [-0.2, -0.15) is 0 Å². The van der Waals surface area contributed by atoms with Crippen molar-refractivity contribution in [2.75, 3.05) is 32.8 Å². The van der Waals surface area contributed by atoms with Gasteiger partial charge in [-0.25, -0.2) is 14.2 Å². The molecular formula is C35H45FN4O5. The lowest BCUT2D eigenvalue weighted by atomic mass is 9.86. The van der Waals surface area contributed by atoms with Gasteiger partial charge < -0.3 is 24.0 Å². The molecule has 0 spiro atoms. The number of benzene rings is 1. The van der Waals surface area contributed by atoms with Gasteiger partial charge in [-0.1, -0.05) is 12.8 Å². The molecule has 3 aromatic rings. The molecule has 4 heterocycles. The van der Waals surface area contributed by atoms with Crippen LogP contribution >= 0.6 is 0 Å². The minimum absolute atomic E-state index is 0.0887. The van der Waals surface area contributed by atoms with Gasteiger partial charge in [0.15, 0.2) is 17.7 Å². The average Bonchev–Trinajstić information content (AvgIpc) is 3.65. The fourth-order valence-electron chi connectivity index (χ4n) is 7.50. The van der Waals surface area contributed by atoms with Gasteiger partial charge in [0, 0.05) is 67.0 Å². The molecule has 2 aliphatic heterocycles. The predicted molar refractivity (Wildman–Crippen MR) is 170 cm³/mol. The van der Waals surface area contributed by atoms with Crippen LogP contribution < -0.4 is 4.74 Å². The molecule has 3 aliphatic rings. The Kier molecular flexibility index (Phi) is 8.41. The van der Waals surface area contributed by atoms with Gasteiger partial charge >= 0.3 is 5.97 Å². The molecular weight excluding hydrogens is 575 g/mol. The standard InChI is InChI=1S/C35H45FN4O5/c1-20-23-12-9-17-44-30(23)26(36)18-24(20)29-25-19-27(33(41)40-15-13-39(14-16-40)22-10-7-8-11-22)38(6)32(25)37-21(2)28(29)31(34(42)43)45-35(3,4)5/h18-19,22,31H,7-17H2,1-6H3,(H,42,43)/t31-/m0/s1. The van der Waals surface area contributed by atoms with E-state index in [2.05, 4.69) is 4.90 Å². The molecule has 1 N–H and O–H groups in total. The molecule has 0 radical (unpaired) electrons. The van der Waals surface area contributed by atoms with E-state index in [0.29, 0.717) is 71.3 Å². The van der Waals surface area contributed by atoms with Crippen LogP contribution in [0.15, 0.2) is 12.1 Å². The lowest BCUT2D eigenvalue weighted by Crippen LogP contribution is -2.51. The number of nitrogens with zero attached hydrogens (tertiary/aromatic N) is 4. The number of carboxylic acids is 1. The highest BCUT2D eigenvalue weighted by molar-refractivity contribution is 6.04. The summed E-state index contributed by atoms with van der Waals surface area (Å²) in [7, 11) is 1.81. The van der Waals surface area contributed by atoms with E-state index < -0.39 is 23.5 Å². The number of aromatic nitrogens is 2. The highest BCUT2D eigenvalue weighted by atomic mass is 19.1. The summed E-state index contributed by atoms with van der Waals surface area (Å²) in [5.74, 6) is -1.49. The zero-order valence-corrected chi connectivity index (χ0v) is 27.3. The fourth-order valence-corrected chi connectivity index (χ4v) is 7.50. The maximum absolute atomic E-state index is 15.7. The molecule has 0 unspecified atom stereocenters. The number of ether oxygens (including phenoxy) is 2. The summed E-state index contributed by atoms with van der Waals surface area (Å²) in [6.07, 6.45) is 5.07. The molecule has 1 aromatic carbocycles. The Morgan fingerprint density at radius 1 is 1.09 bits per heavy atom. The molecule has 45 heavy (non-hydrogen) atoms. The Morgan fingerprint density at radius 2 is 1.78 bits per heavy atom. The van der Waals surface area contributed by atoms with Crippen molar-refractivity contribution in [1.82, 2.24) is 19.4 Å². The number of aliphatic carboxylic acids is 1. The smallest absolute Gasteiger partial charge is 0.337 e. The van der Waals surface area contributed by atoms with Gasteiger partial charge in [0.05, 0.1) is 12.2 Å². The van der Waals surface area contributed by atoms with Gasteiger partial charge in [0.2, 0.25) is 0 Å². The zero-order valence-electron chi connectivity index (χ0n) is 27.3. The van der Waals surface area contributed by atoms with Crippen molar-refractivity contribution in [3.63, 3.8) is 0 Å². The van der Waals surface area contributed by atoms with Gasteiger partial charge in [0.25, 0.3) is 5.91 Å². The lowest BCUT2D eigenvalue weighted by Gasteiger charge is -2.38. The number of hydrogen-bond acceptors (Lipinski definition) is 6. The van der Waals surface area contributed by atoms with Crippen molar-refractivity contribution < 1.29 is 28.6 Å². The number of fused-ring (bicyclic) bond motifs is 2. The summed E-state index contributed by atoms with van der Waals surface area (Å²) in [6, 6.07) is 3.86. The number of aryl methyl sites for hydroxylation is 2. The Morgan fingerprint density at radius 3 is 2.42 bits per heavy atom. The number of piperazine rings is 1. The molecule has 1 saturated carbocycles. The first-order valence-electron chi connectivity index (χ1n) is 16.2. The molecule has 2 fully saturated rings. The first kappa shape index (κ1) is 31.5. The van der Waals surface area contributed by atoms with Gasteiger partial charge in [0.1, 0.15) is 11.3 Å². The highest BCUT2D eigenvalue weighted by Gasteiger charge is 2.36. The zero-order chi connectivity index (χ0) is 32.2. The maximum Gasteiger partial charge on any atom is 0.337 e. The maximum atomic E-state index is 15.7. The van der Waals surface area contributed by atoms with Crippen molar-refractivity contribution in [2.45, 2.75) is 90.9 Å². The third kappa shape index (κ3) is 5.83. The van der Waals surface area contributed by atoms with E-state index in [4.69, 9.17) is 14.5 Å². The molecule has 0 bridgehead atoms. The normalized spacial score (nSPS) is 18.7. The van der Waals surface area contributed by atoms with Crippen LogP contribution in [0.4, 0.5) is 4.39 Å². The van der Waals surface area contributed by atoms with E-state index >= 15 is 4.39 Å². The summed E-state index contributed by atoms with van der Waals surface area (Å²) in [4.78, 5) is 36.2. The fraction of sp³-hybridized carbons (Fsp3) is 0.571. The SMILES string of the molecule is Cc1nc2c(cc(C(=O)N3CCN(C4CCCC4)CC3)n2C)c(-c2cc(F)c3c(c2C)CCCO3)c1[C@H](OC(C)(C)C)C(=O)O. The number of halogens is 1. The number of amides is 1. The largest absolute Gasteiger partial charge is 0.490 e. The average molecular weight is 621 g/mol. The number of carbonyl (C=O) groups is 2. The van der Waals surface area contributed by atoms with E-state index in [1.165, 1.54) is 31.7 Å². The van der Waals surface area contributed by atoms with Crippen LogP contribution in [-0.4, -0.2) is 80.8 Å². The van der Waals surface area contributed by atoms with Crippen molar-refractivity contribution >= 4 is 22.9 Å². The van der Waals surface area contributed by atoms with Crippen molar-refractivity contribution in [3.05, 3.63) is 46.0 Å². The minimum Gasteiger partial charge on any atom is -0.490 e. The van der Waals surface area contributed by atoms with Crippen molar-refractivity contribution in [1.29, 1.82) is 0 Å². The lowest BCUT2D eigenvalue weighted by molar-refractivity contribution is -0.160. The van der Waals surface area contributed by atoms with Crippen LogP contribution in [0, 0.1) is 19.7 Å². The number of pyridine rings is 1. The second-order valence-electron chi connectivity index (χ2n) is 13.8. The molecule has 1 saturated heterocycles. The highest BCUT2D eigenvalue weighted by Crippen LogP contribution is 2.45. The molecule has 1 amide bonds. The van der Waals surface area contributed by atoms with E-state index in [-0.39, 0.29) is 11.7 Å². The summed E-state index contributed by atoms with van der Waals surface area (Å²) in [5.41, 5.74) is 3.71.